The van der Waals surface area contributed by atoms with E-state index in [4.69, 9.17) is 12.2 Å². The molecule has 7 heteroatoms. The molecule has 0 bridgehead atoms. The van der Waals surface area contributed by atoms with Crippen molar-refractivity contribution in [2.24, 2.45) is 5.10 Å². The number of nitrogens with one attached hydrogen (secondary N) is 1. The molecule has 2 aromatic heterocycles. The van der Waals surface area contributed by atoms with E-state index < -0.39 is 0 Å². The van der Waals surface area contributed by atoms with Crippen LogP contribution in [0.5, 0.6) is 0 Å². The molecule has 0 amide bonds. The molecule has 1 aromatic carbocycles. The highest BCUT2D eigenvalue weighted by molar-refractivity contribution is 7.71. The molecule has 0 radical (unpaired) electrons. The summed E-state index contributed by atoms with van der Waals surface area (Å²) >= 11 is 5.31. The van der Waals surface area contributed by atoms with Gasteiger partial charge in [0.05, 0.1) is 11.9 Å². The summed E-state index contributed by atoms with van der Waals surface area (Å²) in [7, 11) is 0. The quantitative estimate of drug-likeness (QED) is 0.586. The van der Waals surface area contributed by atoms with E-state index in [-0.39, 0.29) is 0 Å². The Balaban J connectivity index is 2.06. The molecule has 0 saturated heterocycles. The Hall–Kier alpha value is -2.54. The Labute approximate surface area is 145 Å². The molecule has 0 aliphatic carbocycles. The Morgan fingerprint density at radius 3 is 2.42 bits per heavy atom. The lowest BCUT2D eigenvalue weighted by molar-refractivity contribution is 0.714. The van der Waals surface area contributed by atoms with Crippen molar-refractivity contribution in [3.05, 3.63) is 56.6 Å². The first kappa shape index (κ1) is 16.3. The number of H-pyrrole nitrogens is 1. The van der Waals surface area contributed by atoms with Crippen molar-refractivity contribution < 1.29 is 0 Å². The van der Waals surface area contributed by atoms with Gasteiger partial charge in [-0.3, -0.25) is 0 Å². The summed E-state index contributed by atoms with van der Waals surface area (Å²) in [6, 6.07) is 6.27. The van der Waals surface area contributed by atoms with Gasteiger partial charge in [-0.1, -0.05) is 6.07 Å². The Morgan fingerprint density at radius 2 is 1.75 bits per heavy atom. The highest BCUT2D eigenvalue weighted by atomic mass is 32.1. The number of aromatic amines is 1. The van der Waals surface area contributed by atoms with Crippen molar-refractivity contribution in [2.45, 2.75) is 34.6 Å². The molecule has 124 valence electrons. The first-order valence-electron chi connectivity index (χ1n) is 7.70. The van der Waals surface area contributed by atoms with E-state index in [1.807, 2.05) is 26.1 Å². The van der Waals surface area contributed by atoms with E-state index in [0.29, 0.717) is 10.7 Å². The molecule has 3 aromatic rings. The minimum absolute atomic E-state index is 0.426. The molecule has 6 nitrogen and oxygen atoms in total. The zero-order valence-corrected chi connectivity index (χ0v) is 15.3. The maximum atomic E-state index is 5.31. The van der Waals surface area contributed by atoms with Gasteiger partial charge in [-0.25, -0.2) is 9.78 Å². The molecule has 1 N–H and O–H groups in total. The summed E-state index contributed by atoms with van der Waals surface area (Å²) in [6.45, 7) is 10.2. The fraction of sp³-hybridized carbons (Fsp3) is 0.294. The van der Waals surface area contributed by atoms with Gasteiger partial charge in [-0.05, 0) is 81.2 Å². The van der Waals surface area contributed by atoms with E-state index >= 15 is 0 Å². The van der Waals surface area contributed by atoms with Gasteiger partial charge in [-0.2, -0.15) is 14.9 Å². The monoisotopic (exact) mass is 340 g/mol. The van der Waals surface area contributed by atoms with E-state index in [0.717, 1.165) is 17.0 Å². The Kier molecular flexibility index (Phi) is 4.19. The van der Waals surface area contributed by atoms with E-state index in [1.54, 1.807) is 9.36 Å². The predicted molar refractivity (Wildman–Crippen MR) is 97.7 cm³/mol. The van der Waals surface area contributed by atoms with Crippen molar-refractivity contribution in [3.63, 3.8) is 0 Å². The molecule has 0 fully saturated rings. The van der Waals surface area contributed by atoms with E-state index in [2.05, 4.69) is 53.3 Å². The number of hydrogen-bond acceptors (Lipinski definition) is 4. The normalized spacial score (nSPS) is 11.5. The number of benzene rings is 1. The van der Waals surface area contributed by atoms with Crippen LogP contribution >= 0.6 is 12.2 Å². The van der Waals surface area contributed by atoms with Crippen molar-refractivity contribution in [3.8, 4) is 5.95 Å². The largest absolute Gasteiger partial charge is 0.271 e. The van der Waals surface area contributed by atoms with Crippen LogP contribution in [0.1, 0.15) is 33.6 Å². The van der Waals surface area contributed by atoms with Gasteiger partial charge in [0, 0.05) is 5.69 Å². The molecular formula is C17H20N6S. The minimum atomic E-state index is 0.426. The average Bonchev–Trinajstić information content (AvgIpc) is 3.03. The van der Waals surface area contributed by atoms with Crippen LogP contribution in [0, 0.1) is 39.4 Å². The standard InChI is InChI=1S/C17H20N6S/c1-10-6-12(3)15(7-11(10)2)9-18-23-16(19-20-17(23)24)22-14(5)8-13(4)21-22/h6-9H,1-5H3,(H,20,24)/b18-9-. The molecule has 0 aliphatic heterocycles. The molecule has 0 saturated carbocycles. The third-order valence-electron chi connectivity index (χ3n) is 4.03. The smallest absolute Gasteiger partial charge is 0.248 e. The molecule has 0 aliphatic rings. The summed E-state index contributed by atoms with van der Waals surface area (Å²) < 4.78 is 3.74. The number of aromatic nitrogens is 5. The fourth-order valence-electron chi connectivity index (χ4n) is 2.60. The number of rotatable bonds is 3. The molecule has 2 heterocycles. The van der Waals surface area contributed by atoms with Gasteiger partial charge in [0.15, 0.2) is 0 Å². The van der Waals surface area contributed by atoms with Crippen LogP contribution in [0.4, 0.5) is 0 Å². The second kappa shape index (κ2) is 6.16. The zero-order chi connectivity index (χ0) is 17.4. The summed E-state index contributed by atoms with van der Waals surface area (Å²) in [6.07, 6.45) is 1.81. The average molecular weight is 340 g/mol. The van der Waals surface area contributed by atoms with Crippen LogP contribution in [0.15, 0.2) is 23.3 Å². The van der Waals surface area contributed by atoms with Crippen molar-refractivity contribution in [2.75, 3.05) is 0 Å². The topological polar surface area (TPSA) is 63.8 Å². The van der Waals surface area contributed by atoms with Crippen LogP contribution in [-0.4, -0.2) is 30.9 Å². The Bertz CT molecular complexity index is 989. The summed E-state index contributed by atoms with van der Waals surface area (Å²) in [4.78, 5) is 0. The molecular weight excluding hydrogens is 320 g/mol. The maximum absolute atomic E-state index is 5.31. The molecule has 3 rings (SSSR count). The number of nitrogens with zero attached hydrogens (tertiary/aromatic N) is 5. The first-order chi connectivity index (χ1) is 11.4. The lowest BCUT2D eigenvalue weighted by atomic mass is 10.0. The molecule has 0 unspecified atom stereocenters. The summed E-state index contributed by atoms with van der Waals surface area (Å²) in [5, 5.41) is 16.0. The lowest BCUT2D eigenvalue weighted by Gasteiger charge is -2.06. The Morgan fingerprint density at radius 1 is 1.04 bits per heavy atom. The summed E-state index contributed by atoms with van der Waals surface area (Å²) in [5.74, 6) is 0.545. The van der Waals surface area contributed by atoms with Crippen molar-refractivity contribution >= 4 is 18.4 Å². The third-order valence-corrected chi connectivity index (χ3v) is 4.29. The van der Waals surface area contributed by atoms with E-state index in [1.165, 1.54) is 16.7 Å². The predicted octanol–water partition coefficient (Wildman–Crippen LogP) is 3.55. The lowest BCUT2D eigenvalue weighted by Crippen LogP contribution is -2.07. The minimum Gasteiger partial charge on any atom is -0.248 e. The zero-order valence-electron chi connectivity index (χ0n) is 14.5. The third kappa shape index (κ3) is 2.94. The van der Waals surface area contributed by atoms with Crippen molar-refractivity contribution in [1.29, 1.82) is 0 Å². The second-order valence-electron chi connectivity index (χ2n) is 6.02. The SMILES string of the molecule is Cc1cc(C)n(-c2n[nH]c(=S)n2/N=C\c2cc(C)c(C)cc2C)n1. The van der Waals surface area contributed by atoms with Crippen LogP contribution in [0.2, 0.25) is 0 Å². The van der Waals surface area contributed by atoms with Gasteiger partial charge in [0.2, 0.25) is 4.77 Å². The van der Waals surface area contributed by atoms with Crippen LogP contribution in [0.3, 0.4) is 0 Å². The summed E-state index contributed by atoms with van der Waals surface area (Å²) in [5.41, 5.74) is 6.62. The number of aryl methyl sites for hydroxylation is 5. The van der Waals surface area contributed by atoms with Crippen LogP contribution in [0.25, 0.3) is 5.95 Å². The fourth-order valence-corrected chi connectivity index (χ4v) is 2.77. The molecule has 0 atom stereocenters. The second-order valence-corrected chi connectivity index (χ2v) is 6.40. The van der Waals surface area contributed by atoms with Gasteiger partial charge < -0.3 is 0 Å². The van der Waals surface area contributed by atoms with E-state index in [9.17, 15) is 0 Å². The highest BCUT2D eigenvalue weighted by Gasteiger charge is 2.11. The maximum Gasteiger partial charge on any atom is 0.271 e. The van der Waals surface area contributed by atoms with Crippen LogP contribution < -0.4 is 0 Å². The number of hydrogen-bond donors (Lipinski definition) is 1. The highest BCUT2D eigenvalue weighted by Crippen LogP contribution is 2.14. The van der Waals surface area contributed by atoms with Crippen molar-refractivity contribution in [1.82, 2.24) is 24.7 Å². The van der Waals surface area contributed by atoms with Gasteiger partial charge >= 0.3 is 0 Å². The molecule has 24 heavy (non-hydrogen) atoms. The first-order valence-corrected chi connectivity index (χ1v) is 8.11. The van der Waals surface area contributed by atoms with Gasteiger partial charge in [0.25, 0.3) is 5.95 Å². The van der Waals surface area contributed by atoms with Gasteiger partial charge in [0.1, 0.15) is 0 Å². The molecule has 0 spiro atoms. The van der Waals surface area contributed by atoms with Crippen LogP contribution in [-0.2, 0) is 0 Å². The van der Waals surface area contributed by atoms with Gasteiger partial charge in [-0.15, -0.1) is 5.10 Å².